The Kier molecular flexibility index (Phi) is 1.73. The van der Waals surface area contributed by atoms with Gasteiger partial charge >= 0.3 is 0 Å². The van der Waals surface area contributed by atoms with Crippen LogP contribution >= 0.6 is 0 Å². The van der Waals surface area contributed by atoms with E-state index in [9.17, 15) is 0 Å². The van der Waals surface area contributed by atoms with Gasteiger partial charge in [-0.3, -0.25) is 0 Å². The summed E-state index contributed by atoms with van der Waals surface area (Å²) in [6, 6.07) is 6.28. The molecular formula is C10H12N4. The minimum atomic E-state index is 0.356. The molecule has 2 aromatic rings. The zero-order chi connectivity index (χ0) is 9.38. The standard InChI is InChI=1S/C10H12N4/c1-2-7-14-9(5-1)12-10(13-14)8-4-3-6-11-8/h1-2,5,7-8,11H,3-4,6H2. The molecule has 72 valence electrons. The quantitative estimate of drug-likeness (QED) is 0.730. The lowest BCUT2D eigenvalue weighted by Gasteiger charge is -2.02. The smallest absolute Gasteiger partial charge is 0.168 e. The number of fused-ring (bicyclic) bond motifs is 1. The number of aromatic nitrogens is 3. The summed E-state index contributed by atoms with van der Waals surface area (Å²) >= 11 is 0. The van der Waals surface area contributed by atoms with Gasteiger partial charge in [0.05, 0.1) is 6.04 Å². The molecule has 1 atom stereocenters. The van der Waals surface area contributed by atoms with Crippen molar-refractivity contribution in [3.63, 3.8) is 0 Å². The summed E-state index contributed by atoms with van der Waals surface area (Å²) in [5.41, 5.74) is 0.927. The maximum absolute atomic E-state index is 4.48. The number of nitrogens with zero attached hydrogens (tertiary/aromatic N) is 3. The second-order valence-corrected chi connectivity index (χ2v) is 3.62. The van der Waals surface area contributed by atoms with E-state index in [0.717, 1.165) is 24.4 Å². The summed E-state index contributed by atoms with van der Waals surface area (Å²) in [5.74, 6) is 0.925. The molecule has 0 spiro atoms. The van der Waals surface area contributed by atoms with Crippen molar-refractivity contribution >= 4 is 5.65 Å². The number of hydrogen-bond donors (Lipinski definition) is 1. The Labute approximate surface area is 82.0 Å². The molecule has 4 nitrogen and oxygen atoms in total. The lowest BCUT2D eigenvalue weighted by Crippen LogP contribution is -2.14. The predicted molar refractivity (Wildman–Crippen MR) is 53.0 cm³/mol. The van der Waals surface area contributed by atoms with Gasteiger partial charge in [0, 0.05) is 6.20 Å². The summed E-state index contributed by atoms with van der Waals surface area (Å²) in [4.78, 5) is 4.48. The highest BCUT2D eigenvalue weighted by Crippen LogP contribution is 2.20. The van der Waals surface area contributed by atoms with Crippen LogP contribution in [0.4, 0.5) is 0 Å². The van der Waals surface area contributed by atoms with Gasteiger partial charge in [-0.1, -0.05) is 6.07 Å². The van der Waals surface area contributed by atoms with Gasteiger partial charge in [0.2, 0.25) is 0 Å². The largest absolute Gasteiger partial charge is 0.307 e. The summed E-state index contributed by atoms with van der Waals surface area (Å²) in [6.45, 7) is 1.08. The van der Waals surface area contributed by atoms with Gasteiger partial charge in [0.15, 0.2) is 11.5 Å². The van der Waals surface area contributed by atoms with Crippen LogP contribution in [-0.4, -0.2) is 21.1 Å². The van der Waals surface area contributed by atoms with Crippen molar-refractivity contribution in [3.8, 4) is 0 Å². The minimum absolute atomic E-state index is 0.356. The van der Waals surface area contributed by atoms with E-state index in [2.05, 4.69) is 15.4 Å². The van der Waals surface area contributed by atoms with Crippen LogP contribution in [0.3, 0.4) is 0 Å². The highest BCUT2D eigenvalue weighted by Gasteiger charge is 2.20. The van der Waals surface area contributed by atoms with E-state index in [0.29, 0.717) is 6.04 Å². The Bertz CT molecular complexity index is 409. The number of rotatable bonds is 1. The predicted octanol–water partition coefficient (Wildman–Crippen LogP) is 1.15. The van der Waals surface area contributed by atoms with Gasteiger partial charge < -0.3 is 5.32 Å². The summed E-state index contributed by atoms with van der Waals surface area (Å²) < 4.78 is 1.83. The lowest BCUT2D eigenvalue weighted by atomic mass is 10.2. The molecule has 14 heavy (non-hydrogen) atoms. The normalized spacial score (nSPS) is 21.9. The fourth-order valence-corrected chi connectivity index (χ4v) is 1.90. The molecule has 4 heteroatoms. The minimum Gasteiger partial charge on any atom is -0.307 e. The Balaban J connectivity index is 2.05. The van der Waals surface area contributed by atoms with Crippen LogP contribution in [0.2, 0.25) is 0 Å². The van der Waals surface area contributed by atoms with Crippen molar-refractivity contribution in [2.24, 2.45) is 0 Å². The molecule has 1 N–H and O–H groups in total. The molecule has 0 aromatic carbocycles. The second kappa shape index (κ2) is 3.06. The molecule has 3 heterocycles. The topological polar surface area (TPSA) is 42.2 Å². The molecule has 0 bridgehead atoms. The van der Waals surface area contributed by atoms with E-state index in [1.165, 1.54) is 6.42 Å². The van der Waals surface area contributed by atoms with Crippen LogP contribution in [0.25, 0.3) is 5.65 Å². The zero-order valence-electron chi connectivity index (χ0n) is 7.85. The average Bonchev–Trinajstić information content (AvgIpc) is 2.86. The fraction of sp³-hybridized carbons (Fsp3) is 0.400. The van der Waals surface area contributed by atoms with Gasteiger partial charge in [-0.15, -0.1) is 5.10 Å². The molecule has 1 fully saturated rings. The SMILES string of the molecule is c1ccn2nc(C3CCCN3)nc2c1. The van der Waals surface area contributed by atoms with Crippen LogP contribution in [0.5, 0.6) is 0 Å². The molecule has 0 saturated carbocycles. The van der Waals surface area contributed by atoms with Gasteiger partial charge in [-0.25, -0.2) is 9.50 Å². The van der Waals surface area contributed by atoms with Gasteiger partial charge in [-0.05, 0) is 31.5 Å². The first-order chi connectivity index (χ1) is 6.93. The van der Waals surface area contributed by atoms with E-state index in [4.69, 9.17) is 0 Å². The van der Waals surface area contributed by atoms with Gasteiger partial charge in [0.1, 0.15) is 0 Å². The molecule has 3 rings (SSSR count). The van der Waals surface area contributed by atoms with Crippen molar-refractivity contribution in [1.29, 1.82) is 0 Å². The van der Waals surface area contributed by atoms with Crippen LogP contribution in [0.1, 0.15) is 24.7 Å². The third kappa shape index (κ3) is 1.19. The third-order valence-electron chi connectivity index (χ3n) is 2.63. The van der Waals surface area contributed by atoms with E-state index in [1.54, 1.807) is 0 Å². The monoisotopic (exact) mass is 188 g/mol. The average molecular weight is 188 g/mol. The highest BCUT2D eigenvalue weighted by molar-refractivity contribution is 5.36. The van der Waals surface area contributed by atoms with Crippen molar-refractivity contribution < 1.29 is 0 Å². The second-order valence-electron chi connectivity index (χ2n) is 3.62. The first-order valence-corrected chi connectivity index (χ1v) is 4.98. The van der Waals surface area contributed by atoms with E-state index < -0.39 is 0 Å². The van der Waals surface area contributed by atoms with Crippen molar-refractivity contribution in [3.05, 3.63) is 30.2 Å². The molecule has 0 radical (unpaired) electrons. The van der Waals surface area contributed by atoms with Crippen molar-refractivity contribution in [1.82, 2.24) is 19.9 Å². The summed E-state index contributed by atoms with van der Waals surface area (Å²) in [5, 5.41) is 7.83. The molecule has 0 amide bonds. The summed E-state index contributed by atoms with van der Waals surface area (Å²) in [7, 11) is 0. The Morgan fingerprint density at radius 2 is 2.43 bits per heavy atom. The maximum Gasteiger partial charge on any atom is 0.168 e. The zero-order valence-corrected chi connectivity index (χ0v) is 7.85. The first kappa shape index (κ1) is 7.94. The molecular weight excluding hydrogens is 176 g/mol. The van der Waals surface area contributed by atoms with Crippen LogP contribution in [0.15, 0.2) is 24.4 Å². The molecule has 1 saturated heterocycles. The van der Waals surface area contributed by atoms with Gasteiger partial charge in [0.25, 0.3) is 0 Å². The van der Waals surface area contributed by atoms with E-state index in [1.807, 2.05) is 28.9 Å². The Morgan fingerprint density at radius 1 is 1.43 bits per heavy atom. The van der Waals surface area contributed by atoms with Crippen LogP contribution in [-0.2, 0) is 0 Å². The number of hydrogen-bond acceptors (Lipinski definition) is 3. The van der Waals surface area contributed by atoms with E-state index in [-0.39, 0.29) is 0 Å². The van der Waals surface area contributed by atoms with E-state index >= 15 is 0 Å². The Morgan fingerprint density at radius 3 is 3.21 bits per heavy atom. The van der Waals surface area contributed by atoms with Crippen LogP contribution in [0, 0.1) is 0 Å². The Hall–Kier alpha value is -1.42. The highest BCUT2D eigenvalue weighted by atomic mass is 15.3. The number of nitrogens with one attached hydrogen (secondary N) is 1. The molecule has 1 aliphatic rings. The van der Waals surface area contributed by atoms with Crippen molar-refractivity contribution in [2.45, 2.75) is 18.9 Å². The molecule has 2 aromatic heterocycles. The molecule has 0 aliphatic carbocycles. The first-order valence-electron chi connectivity index (χ1n) is 4.98. The van der Waals surface area contributed by atoms with Crippen LogP contribution < -0.4 is 5.32 Å². The lowest BCUT2D eigenvalue weighted by molar-refractivity contribution is 0.604. The third-order valence-corrected chi connectivity index (χ3v) is 2.63. The summed E-state index contributed by atoms with van der Waals surface area (Å²) in [6.07, 6.45) is 4.30. The van der Waals surface area contributed by atoms with Crippen molar-refractivity contribution in [2.75, 3.05) is 6.54 Å². The fourth-order valence-electron chi connectivity index (χ4n) is 1.90. The maximum atomic E-state index is 4.48. The molecule has 1 aliphatic heterocycles. The van der Waals surface area contributed by atoms with Gasteiger partial charge in [-0.2, -0.15) is 0 Å². The molecule has 1 unspecified atom stereocenters. The number of pyridine rings is 1.